The first-order valence-electron chi connectivity index (χ1n) is 13.0. The molecule has 0 fully saturated rings. The zero-order valence-corrected chi connectivity index (χ0v) is 22.1. The third-order valence-electron chi connectivity index (χ3n) is 5.76. The lowest BCUT2D eigenvalue weighted by Crippen LogP contribution is -2.24. The second-order valence-corrected chi connectivity index (χ2v) is 9.95. The van der Waals surface area contributed by atoms with E-state index < -0.39 is 0 Å². The van der Waals surface area contributed by atoms with E-state index in [1.807, 2.05) is 0 Å². The fraction of sp³-hybridized carbons (Fsp3) is 0.645. The molecule has 1 radical (unpaired) electrons. The monoisotopic (exact) mass is 425 g/mol. The molecule has 0 aliphatic rings. The molecule has 1 unspecified atom stereocenters. The second kappa shape index (κ2) is 18.3. The van der Waals surface area contributed by atoms with Gasteiger partial charge in [-0.1, -0.05) is 128 Å². The standard InChI is InChI=1S/C31H53/c1-9-11-13-15-18-25-31(29(7)8,26-19-17-21-27(3)4)30(23-16-14-12-10-2)24-20-22-28(5)6/h16,18-20,23-28H,7,9-15,17,21-22H2,1-6,8H3. The summed E-state index contributed by atoms with van der Waals surface area (Å²) in [4.78, 5) is 0. The van der Waals surface area contributed by atoms with Crippen LogP contribution in [-0.4, -0.2) is 0 Å². The van der Waals surface area contributed by atoms with Crippen molar-refractivity contribution in [2.45, 2.75) is 113 Å². The molecule has 0 heteroatoms. The Labute approximate surface area is 196 Å². The summed E-state index contributed by atoms with van der Waals surface area (Å²) in [5.41, 5.74) is 0.976. The van der Waals surface area contributed by atoms with Gasteiger partial charge in [0.25, 0.3) is 0 Å². The number of unbranched alkanes of at least 4 members (excludes halogenated alkanes) is 5. The van der Waals surface area contributed by atoms with Crippen LogP contribution in [0.1, 0.15) is 113 Å². The summed E-state index contributed by atoms with van der Waals surface area (Å²) in [5, 5.41) is 0. The number of allylic oxidation sites excluding steroid dienone is 9. The molecule has 0 aliphatic carbocycles. The van der Waals surface area contributed by atoms with Crippen molar-refractivity contribution in [2.24, 2.45) is 17.3 Å². The Morgan fingerprint density at radius 1 is 0.742 bits per heavy atom. The molecule has 177 valence electrons. The van der Waals surface area contributed by atoms with E-state index in [0.29, 0.717) is 5.92 Å². The highest BCUT2D eigenvalue weighted by atomic mass is 14.3. The van der Waals surface area contributed by atoms with Gasteiger partial charge in [-0.15, -0.1) is 0 Å². The van der Waals surface area contributed by atoms with E-state index in [1.54, 1.807) is 0 Å². The molecule has 0 heterocycles. The predicted octanol–water partition coefficient (Wildman–Crippen LogP) is 10.6. The van der Waals surface area contributed by atoms with Crippen LogP contribution < -0.4 is 0 Å². The van der Waals surface area contributed by atoms with Crippen molar-refractivity contribution in [2.75, 3.05) is 0 Å². The van der Waals surface area contributed by atoms with Gasteiger partial charge in [-0.25, -0.2) is 0 Å². The maximum atomic E-state index is 4.47. The van der Waals surface area contributed by atoms with Crippen LogP contribution in [0.15, 0.2) is 60.8 Å². The Morgan fingerprint density at radius 2 is 1.32 bits per heavy atom. The quantitative estimate of drug-likeness (QED) is 0.151. The first kappa shape index (κ1) is 29.7. The fourth-order valence-electron chi connectivity index (χ4n) is 3.59. The molecule has 0 aromatic carbocycles. The Bertz CT molecular complexity index is 555. The summed E-state index contributed by atoms with van der Waals surface area (Å²) in [6.07, 6.45) is 31.1. The minimum absolute atomic E-state index is 0.223. The van der Waals surface area contributed by atoms with E-state index >= 15 is 0 Å². The third kappa shape index (κ3) is 13.7. The lowest BCUT2D eigenvalue weighted by Gasteiger charge is -2.34. The molecule has 0 bridgehead atoms. The van der Waals surface area contributed by atoms with Crippen LogP contribution in [-0.2, 0) is 0 Å². The molecule has 0 aromatic heterocycles. The van der Waals surface area contributed by atoms with Gasteiger partial charge >= 0.3 is 0 Å². The third-order valence-corrected chi connectivity index (χ3v) is 5.76. The highest BCUT2D eigenvalue weighted by Gasteiger charge is 2.32. The Morgan fingerprint density at radius 3 is 1.87 bits per heavy atom. The van der Waals surface area contributed by atoms with Crippen LogP contribution in [0.5, 0.6) is 0 Å². The molecular formula is C31H53. The van der Waals surface area contributed by atoms with E-state index in [-0.39, 0.29) is 5.41 Å². The molecule has 1 atom stereocenters. The number of rotatable bonds is 18. The van der Waals surface area contributed by atoms with Crippen molar-refractivity contribution in [1.29, 1.82) is 0 Å². The van der Waals surface area contributed by atoms with Crippen molar-refractivity contribution < 1.29 is 0 Å². The van der Waals surface area contributed by atoms with Crippen molar-refractivity contribution in [1.82, 2.24) is 0 Å². The van der Waals surface area contributed by atoms with E-state index in [9.17, 15) is 0 Å². The molecule has 0 aromatic rings. The minimum Gasteiger partial charge on any atom is -0.0989 e. The molecule has 0 N–H and O–H groups in total. The largest absolute Gasteiger partial charge is 0.0989 e. The van der Waals surface area contributed by atoms with Gasteiger partial charge in [-0.05, 0) is 57.3 Å². The minimum atomic E-state index is -0.223. The Hall–Kier alpha value is -1.30. The Kier molecular flexibility index (Phi) is 17.5. The van der Waals surface area contributed by atoms with Crippen LogP contribution in [0.25, 0.3) is 0 Å². The van der Waals surface area contributed by atoms with Crippen molar-refractivity contribution in [3.63, 3.8) is 0 Å². The first-order chi connectivity index (χ1) is 14.8. The summed E-state index contributed by atoms with van der Waals surface area (Å²) >= 11 is 0. The molecular weight excluding hydrogens is 372 g/mol. The van der Waals surface area contributed by atoms with Gasteiger partial charge in [0, 0.05) is 11.3 Å². The molecule has 0 amide bonds. The lowest BCUT2D eigenvalue weighted by atomic mass is 9.69. The molecule has 0 rings (SSSR count). The summed E-state index contributed by atoms with van der Waals surface area (Å²) in [7, 11) is 0. The number of hydrogen-bond acceptors (Lipinski definition) is 0. The first-order valence-corrected chi connectivity index (χ1v) is 13.0. The maximum absolute atomic E-state index is 4.47. The zero-order valence-electron chi connectivity index (χ0n) is 22.1. The smallest absolute Gasteiger partial charge is 0.0404 e. The SMILES string of the molecule is C=C(C)C(C=CCCCCC)(C=CCCC(C)C)[C](C=CCCCC)C=CCC(C)C. The molecule has 0 spiro atoms. The highest BCUT2D eigenvalue weighted by molar-refractivity contribution is 5.46. The molecule has 0 saturated heterocycles. The summed E-state index contributed by atoms with van der Waals surface area (Å²) in [5.74, 6) is 2.76. The fourth-order valence-corrected chi connectivity index (χ4v) is 3.59. The second-order valence-electron chi connectivity index (χ2n) is 9.95. The molecule has 0 aliphatic heterocycles. The van der Waals surface area contributed by atoms with E-state index in [1.165, 1.54) is 50.0 Å². The van der Waals surface area contributed by atoms with Crippen LogP contribution in [0.3, 0.4) is 0 Å². The summed E-state index contributed by atoms with van der Waals surface area (Å²) < 4.78 is 0. The van der Waals surface area contributed by atoms with Crippen molar-refractivity contribution >= 4 is 0 Å². The molecule has 31 heavy (non-hydrogen) atoms. The average molecular weight is 426 g/mol. The van der Waals surface area contributed by atoms with Gasteiger partial charge < -0.3 is 0 Å². The van der Waals surface area contributed by atoms with E-state index in [4.69, 9.17) is 0 Å². The summed E-state index contributed by atoms with van der Waals surface area (Å²) in [6, 6.07) is 0. The maximum Gasteiger partial charge on any atom is 0.0404 e. The van der Waals surface area contributed by atoms with Gasteiger partial charge in [-0.2, -0.15) is 0 Å². The molecule has 0 nitrogen and oxygen atoms in total. The topological polar surface area (TPSA) is 0 Å². The lowest BCUT2D eigenvalue weighted by molar-refractivity contribution is 0.588. The van der Waals surface area contributed by atoms with Crippen LogP contribution in [0, 0.1) is 23.2 Å². The average Bonchev–Trinajstić information content (AvgIpc) is 2.70. The molecule has 0 saturated carbocycles. The van der Waals surface area contributed by atoms with Crippen LogP contribution in [0.4, 0.5) is 0 Å². The van der Waals surface area contributed by atoms with Gasteiger partial charge in [0.2, 0.25) is 0 Å². The van der Waals surface area contributed by atoms with Gasteiger partial charge in [0.15, 0.2) is 0 Å². The normalized spacial score (nSPS) is 15.0. The number of hydrogen-bond donors (Lipinski definition) is 0. The Balaban J connectivity index is 6.00. The van der Waals surface area contributed by atoms with Crippen LogP contribution in [0.2, 0.25) is 0 Å². The van der Waals surface area contributed by atoms with E-state index in [0.717, 1.165) is 31.6 Å². The predicted molar refractivity (Wildman–Crippen MR) is 144 cm³/mol. The van der Waals surface area contributed by atoms with Gasteiger partial charge in [0.1, 0.15) is 0 Å². The van der Waals surface area contributed by atoms with Crippen LogP contribution >= 0.6 is 0 Å². The zero-order chi connectivity index (χ0) is 23.5. The highest BCUT2D eigenvalue weighted by Crippen LogP contribution is 2.42. The van der Waals surface area contributed by atoms with Crippen molar-refractivity contribution in [3.05, 3.63) is 66.7 Å². The van der Waals surface area contributed by atoms with E-state index in [2.05, 4.69) is 104 Å². The van der Waals surface area contributed by atoms with Gasteiger partial charge in [-0.3, -0.25) is 0 Å². The van der Waals surface area contributed by atoms with Crippen molar-refractivity contribution in [3.8, 4) is 0 Å². The summed E-state index contributed by atoms with van der Waals surface area (Å²) in [6.45, 7) is 20.4. The van der Waals surface area contributed by atoms with Gasteiger partial charge in [0.05, 0.1) is 0 Å².